The lowest BCUT2D eigenvalue weighted by atomic mass is 10.1. The third-order valence-electron chi connectivity index (χ3n) is 2.57. The highest BCUT2D eigenvalue weighted by molar-refractivity contribution is 5.66. The Hall–Kier alpha value is -2.45. The zero-order valence-corrected chi connectivity index (χ0v) is 10.5. The van der Waals surface area contributed by atoms with Crippen molar-refractivity contribution in [2.24, 2.45) is 0 Å². The average Bonchev–Trinajstić information content (AvgIpc) is 2.39. The van der Waals surface area contributed by atoms with Crippen molar-refractivity contribution in [3.8, 4) is 22.6 Å². The molecule has 0 radical (unpaired) electrons. The number of aromatic nitrogens is 1. The second-order valence-electron chi connectivity index (χ2n) is 4.16. The van der Waals surface area contributed by atoms with Crippen molar-refractivity contribution in [2.75, 3.05) is 0 Å². The standard InChI is InChI=1S/C13H7F6NO2/c14-12(15,16)11-4-2-8(6-20-11)7-1-3-9(21)10(5-7)22-13(17,18)19/h1-6,21H. The van der Waals surface area contributed by atoms with Crippen LogP contribution in [0.3, 0.4) is 0 Å². The maximum absolute atomic E-state index is 12.4. The van der Waals surface area contributed by atoms with Gasteiger partial charge in [0.25, 0.3) is 0 Å². The molecule has 118 valence electrons. The lowest BCUT2D eigenvalue weighted by molar-refractivity contribution is -0.275. The molecular formula is C13H7F6NO2. The molecule has 1 aromatic carbocycles. The predicted molar refractivity (Wildman–Crippen MR) is 63.0 cm³/mol. The number of nitrogens with zero attached hydrogens (tertiary/aromatic N) is 1. The van der Waals surface area contributed by atoms with Crippen molar-refractivity contribution in [3.05, 3.63) is 42.2 Å². The fraction of sp³-hybridized carbons (Fsp3) is 0.154. The van der Waals surface area contributed by atoms with Gasteiger partial charge in [0.2, 0.25) is 0 Å². The molecule has 2 rings (SSSR count). The van der Waals surface area contributed by atoms with Crippen LogP contribution in [-0.2, 0) is 6.18 Å². The van der Waals surface area contributed by atoms with Gasteiger partial charge in [-0.25, -0.2) is 0 Å². The molecule has 22 heavy (non-hydrogen) atoms. The maximum Gasteiger partial charge on any atom is 0.573 e. The molecule has 0 atom stereocenters. The third kappa shape index (κ3) is 3.80. The van der Waals surface area contributed by atoms with E-state index in [1.54, 1.807) is 0 Å². The van der Waals surface area contributed by atoms with Gasteiger partial charge < -0.3 is 9.84 Å². The summed E-state index contributed by atoms with van der Waals surface area (Å²) in [6, 6.07) is 4.77. The monoisotopic (exact) mass is 323 g/mol. The predicted octanol–water partition coefficient (Wildman–Crippen LogP) is 4.37. The second kappa shape index (κ2) is 5.39. The molecule has 1 N–H and O–H groups in total. The van der Waals surface area contributed by atoms with Crippen LogP contribution in [0.4, 0.5) is 26.3 Å². The summed E-state index contributed by atoms with van der Waals surface area (Å²) < 4.78 is 77.3. The summed E-state index contributed by atoms with van der Waals surface area (Å²) in [6.45, 7) is 0. The van der Waals surface area contributed by atoms with Crippen LogP contribution in [0, 0.1) is 0 Å². The summed E-state index contributed by atoms with van der Waals surface area (Å²) in [4.78, 5) is 3.20. The van der Waals surface area contributed by atoms with Crippen LogP contribution in [0.1, 0.15) is 5.69 Å². The highest BCUT2D eigenvalue weighted by atomic mass is 19.4. The number of halogens is 6. The van der Waals surface area contributed by atoms with E-state index in [-0.39, 0.29) is 11.1 Å². The van der Waals surface area contributed by atoms with E-state index in [1.807, 2.05) is 0 Å². The normalized spacial score (nSPS) is 12.3. The largest absolute Gasteiger partial charge is 0.573 e. The van der Waals surface area contributed by atoms with E-state index in [4.69, 9.17) is 0 Å². The van der Waals surface area contributed by atoms with Gasteiger partial charge in [0.15, 0.2) is 11.5 Å². The number of alkyl halides is 6. The van der Waals surface area contributed by atoms with Gasteiger partial charge in [0, 0.05) is 11.8 Å². The Bertz CT molecular complexity index is 664. The lowest BCUT2D eigenvalue weighted by Crippen LogP contribution is -2.17. The van der Waals surface area contributed by atoms with Gasteiger partial charge in [-0.15, -0.1) is 13.2 Å². The molecule has 0 fully saturated rings. The Morgan fingerprint density at radius 2 is 1.55 bits per heavy atom. The van der Waals surface area contributed by atoms with Crippen molar-refractivity contribution in [2.45, 2.75) is 12.5 Å². The van der Waals surface area contributed by atoms with Crippen LogP contribution in [0.25, 0.3) is 11.1 Å². The second-order valence-corrected chi connectivity index (χ2v) is 4.16. The maximum atomic E-state index is 12.4. The van der Waals surface area contributed by atoms with E-state index in [0.29, 0.717) is 6.07 Å². The summed E-state index contributed by atoms with van der Waals surface area (Å²) in [7, 11) is 0. The summed E-state index contributed by atoms with van der Waals surface area (Å²) in [5.41, 5.74) is -0.875. The smallest absolute Gasteiger partial charge is 0.504 e. The molecule has 0 amide bonds. The molecule has 9 heteroatoms. The first-order valence-electron chi connectivity index (χ1n) is 5.68. The Balaban J connectivity index is 2.35. The molecule has 0 aliphatic carbocycles. The van der Waals surface area contributed by atoms with E-state index >= 15 is 0 Å². The number of phenolic OH excluding ortho intramolecular Hbond substituents is 1. The van der Waals surface area contributed by atoms with Crippen LogP contribution in [0.2, 0.25) is 0 Å². The van der Waals surface area contributed by atoms with Crippen molar-refractivity contribution < 1.29 is 36.2 Å². The van der Waals surface area contributed by atoms with E-state index in [1.165, 1.54) is 6.07 Å². The Morgan fingerprint density at radius 1 is 0.909 bits per heavy atom. The van der Waals surface area contributed by atoms with Crippen LogP contribution < -0.4 is 4.74 Å². The van der Waals surface area contributed by atoms with Crippen LogP contribution in [-0.4, -0.2) is 16.5 Å². The number of hydrogen-bond donors (Lipinski definition) is 1. The molecule has 3 nitrogen and oxygen atoms in total. The van der Waals surface area contributed by atoms with Crippen molar-refractivity contribution in [1.82, 2.24) is 4.98 Å². The minimum absolute atomic E-state index is 0.110. The topological polar surface area (TPSA) is 42.4 Å². The zero-order chi connectivity index (χ0) is 16.5. The third-order valence-corrected chi connectivity index (χ3v) is 2.57. The van der Waals surface area contributed by atoms with Crippen LogP contribution >= 0.6 is 0 Å². The van der Waals surface area contributed by atoms with Crippen molar-refractivity contribution in [1.29, 1.82) is 0 Å². The van der Waals surface area contributed by atoms with E-state index in [0.717, 1.165) is 24.4 Å². The minimum atomic E-state index is -5.01. The summed E-state index contributed by atoms with van der Waals surface area (Å²) >= 11 is 0. The Kier molecular flexibility index (Phi) is 3.90. The first kappa shape index (κ1) is 15.9. The molecule has 1 aromatic heterocycles. The lowest BCUT2D eigenvalue weighted by Gasteiger charge is -2.12. The fourth-order valence-electron chi connectivity index (χ4n) is 1.63. The molecule has 1 heterocycles. The first-order chi connectivity index (χ1) is 10.1. The van der Waals surface area contributed by atoms with Crippen LogP contribution in [0.15, 0.2) is 36.5 Å². The highest BCUT2D eigenvalue weighted by Gasteiger charge is 2.33. The van der Waals surface area contributed by atoms with Gasteiger partial charge in [-0.1, -0.05) is 12.1 Å². The van der Waals surface area contributed by atoms with Gasteiger partial charge in [-0.05, 0) is 23.8 Å². The molecule has 0 aliphatic heterocycles. The number of rotatable bonds is 2. The number of aromatic hydroxyl groups is 1. The Labute approximate surface area is 119 Å². The van der Waals surface area contributed by atoms with E-state index in [2.05, 4.69) is 9.72 Å². The van der Waals surface area contributed by atoms with Gasteiger partial charge in [-0.2, -0.15) is 13.2 Å². The molecular weight excluding hydrogens is 316 g/mol. The molecule has 0 unspecified atom stereocenters. The first-order valence-corrected chi connectivity index (χ1v) is 5.68. The van der Waals surface area contributed by atoms with Crippen LogP contribution in [0.5, 0.6) is 11.5 Å². The molecule has 2 aromatic rings. The van der Waals surface area contributed by atoms with Gasteiger partial charge in [0.05, 0.1) is 0 Å². The average molecular weight is 323 g/mol. The summed E-state index contributed by atoms with van der Waals surface area (Å²) in [5.74, 6) is -1.61. The SMILES string of the molecule is Oc1ccc(-c2ccc(C(F)(F)F)nc2)cc1OC(F)(F)F. The zero-order valence-electron chi connectivity index (χ0n) is 10.5. The summed E-state index contributed by atoms with van der Waals surface area (Å²) in [5, 5.41) is 9.31. The van der Waals surface area contributed by atoms with Crippen molar-refractivity contribution >= 4 is 0 Å². The molecule has 0 saturated carbocycles. The molecule has 0 saturated heterocycles. The fourth-order valence-corrected chi connectivity index (χ4v) is 1.63. The number of benzene rings is 1. The molecule has 0 bridgehead atoms. The molecule has 0 spiro atoms. The van der Waals surface area contributed by atoms with Gasteiger partial charge >= 0.3 is 12.5 Å². The highest BCUT2D eigenvalue weighted by Crippen LogP contribution is 2.35. The Morgan fingerprint density at radius 3 is 2.05 bits per heavy atom. The minimum Gasteiger partial charge on any atom is -0.504 e. The number of ether oxygens (including phenoxy) is 1. The van der Waals surface area contributed by atoms with E-state index < -0.39 is 29.7 Å². The number of hydrogen-bond acceptors (Lipinski definition) is 3. The quantitative estimate of drug-likeness (QED) is 0.835. The van der Waals surface area contributed by atoms with Gasteiger partial charge in [0.1, 0.15) is 5.69 Å². The summed E-state index contributed by atoms with van der Waals surface area (Å²) in [6.07, 6.45) is -8.75. The van der Waals surface area contributed by atoms with Gasteiger partial charge in [-0.3, -0.25) is 4.98 Å². The number of pyridine rings is 1. The van der Waals surface area contributed by atoms with Crippen molar-refractivity contribution in [3.63, 3.8) is 0 Å². The number of phenols is 1. The molecule has 0 aliphatic rings. The van der Waals surface area contributed by atoms with E-state index in [9.17, 15) is 31.4 Å².